The number of hydrogen-bond donors (Lipinski definition) is 1. The van der Waals surface area contributed by atoms with Crippen LogP contribution in [0.1, 0.15) is 27.7 Å². The third-order valence-corrected chi connectivity index (χ3v) is 2.52. The SMILES string of the molecule is CC(C)(C)[NH-].C[Si](C)(C)O.C[Si]C.Cl.Cl.[CH2-]C.[CH3-].[Si]=[Zr].c1ccc2c(c1)[cH-]c1ccccc12. The van der Waals surface area contributed by atoms with Crippen LogP contribution in [0, 0.1) is 14.4 Å². The van der Waals surface area contributed by atoms with Crippen molar-refractivity contribution in [2.45, 2.75) is 66.0 Å². The van der Waals surface area contributed by atoms with Crippen LogP contribution in [0.5, 0.6) is 0 Å². The van der Waals surface area contributed by atoms with Crippen molar-refractivity contribution in [3.8, 4) is 0 Å². The Morgan fingerprint density at radius 1 is 0.879 bits per heavy atom. The van der Waals surface area contributed by atoms with Gasteiger partial charge in [0.15, 0.2) is 8.32 Å². The van der Waals surface area contributed by atoms with Gasteiger partial charge in [-0.2, -0.15) is 6.92 Å². The number of rotatable bonds is 0. The van der Waals surface area contributed by atoms with Gasteiger partial charge in [0, 0.05) is 9.52 Å². The third kappa shape index (κ3) is 32.3. The van der Waals surface area contributed by atoms with Gasteiger partial charge in [-0.15, -0.1) is 70.1 Å². The zero-order valence-electron chi connectivity index (χ0n) is 22.2. The van der Waals surface area contributed by atoms with Crippen LogP contribution < -0.4 is 0 Å². The molecule has 3 aromatic carbocycles. The fraction of sp³-hybridized carbons (Fsp3) is 0.400. The van der Waals surface area contributed by atoms with Crippen molar-refractivity contribution in [2.75, 3.05) is 0 Å². The summed E-state index contributed by atoms with van der Waals surface area (Å²) in [6, 6.07) is 19.3. The van der Waals surface area contributed by atoms with E-state index in [1.165, 1.54) is 44.9 Å². The van der Waals surface area contributed by atoms with E-state index in [9.17, 15) is 0 Å². The molecule has 0 aliphatic carbocycles. The van der Waals surface area contributed by atoms with E-state index in [1.807, 2.05) is 40.4 Å². The van der Waals surface area contributed by atoms with E-state index in [1.54, 1.807) is 6.92 Å². The third-order valence-electron chi connectivity index (χ3n) is 2.52. The summed E-state index contributed by atoms with van der Waals surface area (Å²) in [5, 5.41) is 5.39. The van der Waals surface area contributed by atoms with Gasteiger partial charge in [0.25, 0.3) is 0 Å². The second-order valence-electron chi connectivity index (χ2n) is 8.24. The maximum Gasteiger partial charge on any atom is -0.0771 e. The predicted octanol–water partition coefficient (Wildman–Crippen LogP) is 8.90. The molecule has 33 heavy (non-hydrogen) atoms. The summed E-state index contributed by atoms with van der Waals surface area (Å²) in [6.07, 6.45) is 0. The smallest absolute Gasteiger partial charge is 0.0771 e. The van der Waals surface area contributed by atoms with Crippen LogP contribution in [0.25, 0.3) is 27.3 Å². The minimum atomic E-state index is -1.61. The first-order valence-electron chi connectivity index (χ1n) is 9.91. The zero-order valence-corrected chi connectivity index (χ0v) is 29.3. The summed E-state index contributed by atoms with van der Waals surface area (Å²) in [4.78, 5) is 8.66. The minimum absolute atomic E-state index is 0. The van der Waals surface area contributed by atoms with E-state index in [-0.39, 0.29) is 37.8 Å². The largest absolute Gasteiger partial charge is 0.126 e. The number of halogens is 2. The van der Waals surface area contributed by atoms with Crippen LogP contribution in [0.4, 0.5) is 0 Å². The molecule has 3 aromatic rings. The topological polar surface area (TPSA) is 44.0 Å². The molecule has 3 rings (SSSR count). The molecule has 0 unspecified atom stereocenters. The molecule has 0 spiro atoms. The maximum atomic E-state index is 8.66. The Kier molecular flexibility index (Phi) is 38.1. The summed E-state index contributed by atoms with van der Waals surface area (Å²) >= 11 is 1.36. The van der Waals surface area contributed by atoms with E-state index >= 15 is 0 Å². The molecule has 2 nitrogen and oxygen atoms in total. The van der Waals surface area contributed by atoms with Crippen molar-refractivity contribution < 1.29 is 28.1 Å². The van der Waals surface area contributed by atoms with Gasteiger partial charge in [0.05, 0.1) is 0 Å². The van der Waals surface area contributed by atoms with E-state index < -0.39 is 8.32 Å². The molecule has 4 radical (unpaired) electrons. The maximum absolute atomic E-state index is 8.66. The summed E-state index contributed by atoms with van der Waals surface area (Å²) in [5.41, 5.74) is 6.69. The molecule has 0 saturated heterocycles. The summed E-state index contributed by atoms with van der Waals surface area (Å²) in [5.74, 6) is 0. The zero-order chi connectivity index (χ0) is 24.4. The Bertz CT molecular complexity index is 714. The van der Waals surface area contributed by atoms with E-state index in [0.29, 0.717) is 0 Å². The van der Waals surface area contributed by atoms with Crippen LogP contribution in [-0.2, 0) is 23.3 Å². The molecule has 0 aliphatic heterocycles. The number of nitrogens with one attached hydrogen (secondary N) is 1. The fourth-order valence-corrected chi connectivity index (χ4v) is 1.90. The monoisotopic (exact) mass is 619 g/mol. The molecule has 0 atom stereocenters. The van der Waals surface area contributed by atoms with Gasteiger partial charge >= 0.3 is 30.2 Å². The van der Waals surface area contributed by atoms with Gasteiger partial charge in [0.1, 0.15) is 0 Å². The number of benzene rings is 2. The Hall–Kier alpha value is 0.344. The molecule has 190 valence electrons. The van der Waals surface area contributed by atoms with E-state index in [4.69, 9.17) is 10.5 Å². The molecule has 0 saturated carbocycles. The van der Waals surface area contributed by atoms with Gasteiger partial charge in [-0.1, -0.05) is 70.3 Å². The summed E-state index contributed by atoms with van der Waals surface area (Å²) in [6.45, 7) is 23.6. The van der Waals surface area contributed by atoms with Gasteiger partial charge < -0.3 is 24.9 Å². The Morgan fingerprint density at radius 2 is 1.06 bits per heavy atom. The number of hydrogen-bond acceptors (Lipinski definition) is 1. The fourth-order valence-electron chi connectivity index (χ4n) is 1.90. The number of fused-ring (bicyclic) bond motifs is 3. The molecule has 0 amide bonds. The average molecular weight is 622 g/mol. The van der Waals surface area contributed by atoms with Crippen molar-refractivity contribution in [1.29, 1.82) is 0 Å². The Morgan fingerprint density at radius 3 is 1.27 bits per heavy atom. The first-order chi connectivity index (χ1) is 13.9. The van der Waals surface area contributed by atoms with Gasteiger partial charge in [0.2, 0.25) is 0 Å². The van der Waals surface area contributed by atoms with Gasteiger partial charge in [-0.3, -0.25) is 0 Å². The minimum Gasteiger partial charge on any atom is -0.126 e. The van der Waals surface area contributed by atoms with E-state index in [0.717, 1.165) is 9.52 Å². The molecular formula is C25H45Cl2NOSi3Zr-4. The van der Waals surface area contributed by atoms with Crippen molar-refractivity contribution in [3.63, 3.8) is 0 Å². The first kappa shape index (κ1) is 46.7. The first-order valence-corrected chi connectivity index (χ1v) is 19.5. The normalized spacial score (nSPS) is 8.82. The summed E-state index contributed by atoms with van der Waals surface area (Å²) in [7, 11) is -0.528. The Balaban J connectivity index is -0.0000000788. The van der Waals surface area contributed by atoms with Gasteiger partial charge in [-0.25, -0.2) is 0 Å². The predicted molar refractivity (Wildman–Crippen MR) is 162 cm³/mol. The molecule has 0 fully saturated rings. The second kappa shape index (κ2) is 26.9. The molecular weight excluding hydrogens is 577 g/mol. The molecule has 8 heteroatoms. The molecule has 0 aromatic heterocycles. The average Bonchev–Trinajstić information content (AvgIpc) is 3.02. The van der Waals surface area contributed by atoms with E-state index in [2.05, 4.69) is 81.5 Å². The van der Waals surface area contributed by atoms with Crippen LogP contribution >= 0.6 is 24.8 Å². The van der Waals surface area contributed by atoms with Crippen molar-refractivity contribution in [2.24, 2.45) is 0 Å². The molecule has 2 N–H and O–H groups in total. The van der Waals surface area contributed by atoms with Crippen molar-refractivity contribution in [3.05, 3.63) is 74.7 Å². The Labute approximate surface area is 238 Å². The molecule has 0 bridgehead atoms. The van der Waals surface area contributed by atoms with Gasteiger partial charge in [-0.05, 0) is 19.6 Å². The van der Waals surface area contributed by atoms with Crippen molar-refractivity contribution in [1.82, 2.24) is 0 Å². The summed E-state index contributed by atoms with van der Waals surface area (Å²) < 4.78 is 0. The standard InChI is InChI=1S/C13H9.C4H10N.C3H10OSi.C2H6Si.C2H5.CH3.2ClH.Si.Zr/c1-3-7-12-10(5-1)9-11-6-2-4-8-13(11)12;1-4(2,3)5;1-5(2,3)4;1-3-2;1-2;;;;;/h1-9H;5H,1-3H3;4H,1-3H3;1-2H3;1H2,2H3;1H3;2*1H;;/q2*-1;;;2*-1;;;;. The molecule has 0 aliphatic rings. The van der Waals surface area contributed by atoms with Crippen LogP contribution in [0.2, 0.25) is 32.7 Å². The quantitative estimate of drug-likeness (QED) is 0.198. The second-order valence-corrected chi connectivity index (χ2v) is 13.6. The molecule has 0 heterocycles. The van der Waals surface area contributed by atoms with Crippen LogP contribution in [0.3, 0.4) is 0 Å². The van der Waals surface area contributed by atoms with Crippen molar-refractivity contribution >= 4 is 71.1 Å². The van der Waals surface area contributed by atoms with Crippen LogP contribution in [-0.4, -0.2) is 35.1 Å². The van der Waals surface area contributed by atoms with Crippen LogP contribution in [0.15, 0.2) is 54.6 Å².